The van der Waals surface area contributed by atoms with Crippen molar-refractivity contribution in [3.8, 4) is 17.1 Å². The quantitative estimate of drug-likeness (QED) is 0.549. The van der Waals surface area contributed by atoms with Gasteiger partial charge in [-0.05, 0) is 55.5 Å². The van der Waals surface area contributed by atoms with Gasteiger partial charge in [0.1, 0.15) is 11.6 Å². The van der Waals surface area contributed by atoms with Crippen LogP contribution < -0.4 is 22.5 Å². The van der Waals surface area contributed by atoms with E-state index in [0.29, 0.717) is 17.5 Å². The van der Waals surface area contributed by atoms with Crippen LogP contribution in [0.4, 0.5) is 11.5 Å². The van der Waals surface area contributed by atoms with Crippen LogP contribution in [0.25, 0.3) is 22.3 Å². The summed E-state index contributed by atoms with van der Waals surface area (Å²) in [6.07, 6.45) is 0. The number of nitrogens with zero attached hydrogens (tertiary/aromatic N) is 2. The molecule has 1 aromatic heterocycles. The number of para-hydroxylation sites is 3. The number of hydrogen-bond donors (Lipinski definition) is 1. The number of anilines is 2. The second-order valence-electron chi connectivity index (χ2n) is 5.97. The highest BCUT2D eigenvalue weighted by atomic mass is 35.5. The molecule has 142 valence electrons. The van der Waals surface area contributed by atoms with Crippen LogP contribution in [0.3, 0.4) is 0 Å². The van der Waals surface area contributed by atoms with Crippen molar-refractivity contribution >= 4 is 34.0 Å². The van der Waals surface area contributed by atoms with E-state index in [2.05, 4.69) is 5.32 Å². The molecular weight excluding hydrogens is 393 g/mol. The van der Waals surface area contributed by atoms with Crippen molar-refractivity contribution in [1.82, 2.24) is 9.97 Å². The highest BCUT2D eigenvalue weighted by Gasteiger charge is 2.11. The number of nitrogens with one attached hydrogen (secondary N) is 1. The van der Waals surface area contributed by atoms with E-state index < -0.39 is 0 Å². The van der Waals surface area contributed by atoms with Crippen LogP contribution in [-0.4, -0.2) is 16.6 Å². The highest BCUT2D eigenvalue weighted by molar-refractivity contribution is 6.30. The smallest absolute Gasteiger partial charge is 0.162 e. The molecule has 0 amide bonds. The maximum absolute atomic E-state index is 6.01. The molecule has 1 heterocycles. The number of hydrogen-bond acceptors (Lipinski definition) is 4. The summed E-state index contributed by atoms with van der Waals surface area (Å²) in [6, 6.07) is 23.3. The molecule has 4 nitrogen and oxygen atoms in total. The summed E-state index contributed by atoms with van der Waals surface area (Å²) in [5, 5.41) is 5.05. The van der Waals surface area contributed by atoms with E-state index in [9.17, 15) is 0 Å². The molecule has 0 aliphatic rings. The lowest BCUT2D eigenvalue weighted by molar-refractivity contribution is -0.00000586. The number of fused-ring (bicyclic) bond motifs is 1. The van der Waals surface area contributed by atoms with E-state index in [-0.39, 0.29) is 12.4 Å². The van der Waals surface area contributed by atoms with Crippen molar-refractivity contribution < 1.29 is 17.1 Å². The number of rotatable bonds is 5. The molecule has 0 atom stereocenters. The van der Waals surface area contributed by atoms with Gasteiger partial charge in [-0.15, -0.1) is 0 Å². The first-order valence-electron chi connectivity index (χ1n) is 8.76. The van der Waals surface area contributed by atoms with Gasteiger partial charge in [0.05, 0.1) is 17.8 Å². The van der Waals surface area contributed by atoms with Crippen LogP contribution in [0, 0.1) is 0 Å². The molecule has 1 N–H and O–H groups in total. The lowest BCUT2D eigenvalue weighted by Crippen LogP contribution is -3.00. The monoisotopic (exact) mass is 410 g/mol. The SMILES string of the molecule is CCOc1ccccc1Nc1nc(-c2ccc(Cl)cc2)nc2ccccc12.[Cl-]. The summed E-state index contributed by atoms with van der Waals surface area (Å²) in [6.45, 7) is 2.56. The molecule has 0 saturated carbocycles. The molecule has 0 bridgehead atoms. The van der Waals surface area contributed by atoms with Crippen LogP contribution in [0.5, 0.6) is 5.75 Å². The Kier molecular flexibility index (Phi) is 6.34. The predicted octanol–water partition coefficient (Wildman–Crippen LogP) is 3.10. The van der Waals surface area contributed by atoms with Crippen LogP contribution in [0.1, 0.15) is 6.92 Å². The first-order chi connectivity index (χ1) is 13.2. The van der Waals surface area contributed by atoms with E-state index in [4.69, 9.17) is 26.3 Å². The van der Waals surface area contributed by atoms with Crippen molar-refractivity contribution in [2.45, 2.75) is 6.92 Å². The zero-order valence-electron chi connectivity index (χ0n) is 15.2. The topological polar surface area (TPSA) is 47.0 Å². The van der Waals surface area contributed by atoms with Gasteiger partial charge in [-0.25, -0.2) is 9.97 Å². The Morgan fingerprint density at radius 2 is 1.61 bits per heavy atom. The third-order valence-corrected chi connectivity index (χ3v) is 4.40. The maximum atomic E-state index is 6.01. The number of aromatic nitrogens is 2. The largest absolute Gasteiger partial charge is 1.00 e. The van der Waals surface area contributed by atoms with E-state index in [0.717, 1.165) is 33.7 Å². The number of ether oxygens (including phenoxy) is 1. The molecule has 4 rings (SSSR count). The van der Waals surface area contributed by atoms with Gasteiger partial charge in [0, 0.05) is 16.0 Å². The summed E-state index contributed by atoms with van der Waals surface area (Å²) in [4.78, 5) is 9.49. The van der Waals surface area contributed by atoms with Crippen LogP contribution in [0.2, 0.25) is 5.02 Å². The molecule has 0 saturated heterocycles. The van der Waals surface area contributed by atoms with Crippen molar-refractivity contribution in [3.05, 3.63) is 77.8 Å². The average molecular weight is 411 g/mol. The van der Waals surface area contributed by atoms with E-state index in [1.54, 1.807) is 0 Å². The third kappa shape index (κ3) is 4.19. The second-order valence-corrected chi connectivity index (χ2v) is 6.41. The zero-order chi connectivity index (χ0) is 18.6. The Morgan fingerprint density at radius 3 is 2.39 bits per heavy atom. The summed E-state index contributed by atoms with van der Waals surface area (Å²) < 4.78 is 5.73. The minimum Gasteiger partial charge on any atom is -1.00 e. The van der Waals surface area contributed by atoms with Gasteiger partial charge in [-0.1, -0.05) is 35.9 Å². The fraction of sp³-hybridized carbons (Fsp3) is 0.0909. The Bertz CT molecular complexity index is 1080. The molecule has 0 spiro atoms. The lowest BCUT2D eigenvalue weighted by Gasteiger charge is -2.14. The molecule has 6 heteroatoms. The normalized spacial score (nSPS) is 10.4. The van der Waals surface area contributed by atoms with Gasteiger partial charge >= 0.3 is 0 Å². The van der Waals surface area contributed by atoms with E-state index >= 15 is 0 Å². The van der Waals surface area contributed by atoms with Gasteiger partial charge < -0.3 is 22.5 Å². The predicted molar refractivity (Wildman–Crippen MR) is 111 cm³/mol. The minimum absolute atomic E-state index is 0. The first-order valence-corrected chi connectivity index (χ1v) is 9.14. The molecule has 0 aliphatic heterocycles. The molecule has 4 aromatic rings. The highest BCUT2D eigenvalue weighted by Crippen LogP contribution is 2.31. The van der Waals surface area contributed by atoms with Gasteiger partial charge in [-0.3, -0.25) is 0 Å². The Morgan fingerprint density at radius 1 is 0.893 bits per heavy atom. The van der Waals surface area contributed by atoms with Crippen LogP contribution >= 0.6 is 11.6 Å². The Hall–Kier alpha value is -2.82. The first kappa shape index (κ1) is 19.9. The van der Waals surface area contributed by atoms with Crippen molar-refractivity contribution in [1.29, 1.82) is 0 Å². The zero-order valence-corrected chi connectivity index (χ0v) is 16.7. The molecule has 0 radical (unpaired) electrons. The summed E-state index contributed by atoms with van der Waals surface area (Å²) >= 11 is 6.01. The fourth-order valence-corrected chi connectivity index (χ4v) is 3.00. The Labute approximate surface area is 175 Å². The molecule has 0 aliphatic carbocycles. The van der Waals surface area contributed by atoms with Gasteiger partial charge in [-0.2, -0.15) is 0 Å². The third-order valence-electron chi connectivity index (χ3n) is 4.15. The summed E-state index contributed by atoms with van der Waals surface area (Å²) in [7, 11) is 0. The standard InChI is InChI=1S/C22H18ClN3O.ClH/c1-2-27-20-10-6-5-9-19(20)25-22-17-7-3-4-8-18(17)24-21(26-22)15-11-13-16(23)14-12-15;/h3-14H,2H2,1H3,(H,24,25,26);1H/p-1. The van der Waals surface area contributed by atoms with E-state index in [1.165, 1.54) is 0 Å². The summed E-state index contributed by atoms with van der Waals surface area (Å²) in [5.41, 5.74) is 2.64. The molecular formula is C22H18Cl2N3O-. The minimum atomic E-state index is 0. The number of halogens is 2. The van der Waals surface area contributed by atoms with Gasteiger partial charge in [0.15, 0.2) is 5.82 Å². The van der Waals surface area contributed by atoms with Crippen molar-refractivity contribution in [2.75, 3.05) is 11.9 Å². The van der Waals surface area contributed by atoms with Crippen LogP contribution in [-0.2, 0) is 0 Å². The maximum Gasteiger partial charge on any atom is 0.162 e. The molecule has 28 heavy (non-hydrogen) atoms. The van der Waals surface area contributed by atoms with Crippen molar-refractivity contribution in [3.63, 3.8) is 0 Å². The average Bonchev–Trinajstić information content (AvgIpc) is 2.70. The Balaban J connectivity index is 0.00000225. The van der Waals surface area contributed by atoms with Gasteiger partial charge in [0.25, 0.3) is 0 Å². The molecule has 0 fully saturated rings. The van der Waals surface area contributed by atoms with E-state index in [1.807, 2.05) is 79.7 Å². The number of benzene rings is 3. The second kappa shape index (κ2) is 8.91. The molecule has 3 aromatic carbocycles. The fourth-order valence-electron chi connectivity index (χ4n) is 2.88. The van der Waals surface area contributed by atoms with Crippen molar-refractivity contribution in [2.24, 2.45) is 0 Å². The summed E-state index contributed by atoms with van der Waals surface area (Å²) in [5.74, 6) is 2.16. The van der Waals surface area contributed by atoms with Gasteiger partial charge in [0.2, 0.25) is 0 Å². The lowest BCUT2D eigenvalue weighted by atomic mass is 10.1. The van der Waals surface area contributed by atoms with Crippen LogP contribution in [0.15, 0.2) is 72.8 Å². The molecule has 0 unspecified atom stereocenters.